The molecule has 134 valence electrons. The molecule has 1 aliphatic rings. The molecule has 1 aliphatic carbocycles. The second-order valence-corrected chi connectivity index (χ2v) is 7.83. The zero-order valence-electron chi connectivity index (χ0n) is 15.0. The maximum atomic E-state index is 12.3. The van der Waals surface area contributed by atoms with E-state index in [9.17, 15) is 4.79 Å². The lowest BCUT2D eigenvalue weighted by molar-refractivity contribution is -0.119. The Morgan fingerprint density at radius 2 is 2.12 bits per heavy atom. The van der Waals surface area contributed by atoms with Crippen molar-refractivity contribution in [3.05, 3.63) is 29.3 Å². The summed E-state index contributed by atoms with van der Waals surface area (Å²) in [5.41, 5.74) is 3.25. The second kappa shape index (κ2) is 7.99. The van der Waals surface area contributed by atoms with Gasteiger partial charge in [0.2, 0.25) is 11.1 Å². The summed E-state index contributed by atoms with van der Waals surface area (Å²) in [6.07, 6.45) is 4.75. The molecule has 1 aromatic heterocycles. The summed E-state index contributed by atoms with van der Waals surface area (Å²) >= 11 is 1.37. The monoisotopic (exact) mass is 359 g/mol. The van der Waals surface area contributed by atoms with Gasteiger partial charge in [0.25, 0.3) is 0 Å². The van der Waals surface area contributed by atoms with Crippen molar-refractivity contribution < 1.29 is 4.79 Å². The number of nitrogens with zero attached hydrogens (tertiary/aromatic N) is 4. The van der Waals surface area contributed by atoms with Gasteiger partial charge >= 0.3 is 0 Å². The average molecular weight is 359 g/mol. The first kappa shape index (κ1) is 17.9. The quantitative estimate of drug-likeness (QED) is 0.831. The maximum absolute atomic E-state index is 12.3. The number of benzene rings is 1. The Morgan fingerprint density at radius 3 is 2.88 bits per heavy atom. The molecule has 7 heteroatoms. The number of carbonyl (C=O) groups is 1. The smallest absolute Gasteiger partial charge is 0.230 e. The van der Waals surface area contributed by atoms with E-state index in [1.54, 1.807) is 4.68 Å². The van der Waals surface area contributed by atoms with Crippen molar-refractivity contribution in [3.63, 3.8) is 0 Å². The van der Waals surface area contributed by atoms with Gasteiger partial charge in [-0.1, -0.05) is 49.2 Å². The van der Waals surface area contributed by atoms with E-state index in [0.717, 1.165) is 17.7 Å². The van der Waals surface area contributed by atoms with E-state index in [-0.39, 0.29) is 5.91 Å². The first-order valence-corrected chi connectivity index (χ1v) is 9.81. The highest BCUT2D eigenvalue weighted by Gasteiger charge is 2.23. The number of aromatic nitrogens is 4. The van der Waals surface area contributed by atoms with Gasteiger partial charge in [-0.15, -0.1) is 5.10 Å². The molecular weight excluding hydrogens is 334 g/mol. The van der Waals surface area contributed by atoms with E-state index >= 15 is 0 Å². The van der Waals surface area contributed by atoms with Crippen LogP contribution < -0.4 is 5.32 Å². The Morgan fingerprint density at radius 1 is 1.32 bits per heavy atom. The van der Waals surface area contributed by atoms with Gasteiger partial charge in [0.1, 0.15) is 0 Å². The van der Waals surface area contributed by atoms with E-state index in [4.69, 9.17) is 0 Å². The average Bonchev–Trinajstić information content (AvgIpc) is 3.03. The van der Waals surface area contributed by atoms with Crippen LogP contribution in [0.15, 0.2) is 23.4 Å². The topological polar surface area (TPSA) is 72.7 Å². The Labute approximate surface area is 152 Å². The first-order chi connectivity index (χ1) is 12.0. The largest absolute Gasteiger partial charge is 0.352 e. The van der Waals surface area contributed by atoms with Gasteiger partial charge in [0.15, 0.2) is 0 Å². The van der Waals surface area contributed by atoms with Gasteiger partial charge in [-0.05, 0) is 54.7 Å². The minimum Gasteiger partial charge on any atom is -0.352 e. The summed E-state index contributed by atoms with van der Waals surface area (Å²) in [4.78, 5) is 12.3. The molecule has 0 aliphatic heterocycles. The van der Waals surface area contributed by atoms with Crippen LogP contribution in [0.4, 0.5) is 0 Å². The third kappa shape index (κ3) is 4.39. The van der Waals surface area contributed by atoms with Crippen molar-refractivity contribution >= 4 is 17.7 Å². The van der Waals surface area contributed by atoms with Crippen LogP contribution in [-0.4, -0.2) is 37.9 Å². The zero-order chi connectivity index (χ0) is 17.8. The summed E-state index contributed by atoms with van der Waals surface area (Å²) in [6, 6.07) is 6.45. The summed E-state index contributed by atoms with van der Waals surface area (Å²) < 4.78 is 1.70. The molecule has 25 heavy (non-hydrogen) atoms. The number of aryl methyl sites for hydroxylation is 2. The molecule has 3 rings (SSSR count). The van der Waals surface area contributed by atoms with Crippen molar-refractivity contribution in [1.29, 1.82) is 0 Å². The molecule has 2 unspecified atom stereocenters. The number of hydrogen-bond acceptors (Lipinski definition) is 5. The molecule has 1 amide bonds. The number of thioether (sulfide) groups is 1. The fourth-order valence-corrected chi connectivity index (χ4v) is 4.07. The number of nitrogens with one attached hydrogen (secondary N) is 1. The Balaban J connectivity index is 1.62. The lowest BCUT2D eigenvalue weighted by Gasteiger charge is -2.29. The predicted molar refractivity (Wildman–Crippen MR) is 98.9 cm³/mol. The van der Waals surface area contributed by atoms with Crippen LogP contribution in [0.5, 0.6) is 0 Å². The maximum Gasteiger partial charge on any atom is 0.230 e. The van der Waals surface area contributed by atoms with Crippen LogP contribution in [0.1, 0.15) is 43.7 Å². The molecule has 1 fully saturated rings. The summed E-state index contributed by atoms with van der Waals surface area (Å²) in [5.74, 6) is 0.941. The van der Waals surface area contributed by atoms with Gasteiger partial charge in [-0.2, -0.15) is 4.68 Å². The molecule has 1 aromatic carbocycles. The van der Waals surface area contributed by atoms with E-state index in [2.05, 4.69) is 40.8 Å². The van der Waals surface area contributed by atoms with Crippen molar-refractivity contribution in [3.8, 4) is 5.69 Å². The normalized spacial score (nSPS) is 20.4. The minimum atomic E-state index is 0.0546. The third-order valence-corrected chi connectivity index (χ3v) is 5.73. The summed E-state index contributed by atoms with van der Waals surface area (Å²) in [7, 11) is 0. The highest BCUT2D eigenvalue weighted by molar-refractivity contribution is 7.99. The number of tetrazole rings is 1. The number of amides is 1. The van der Waals surface area contributed by atoms with Crippen LogP contribution in [0.25, 0.3) is 5.69 Å². The molecule has 1 N–H and O–H groups in total. The van der Waals surface area contributed by atoms with E-state index in [1.165, 1.54) is 36.6 Å². The van der Waals surface area contributed by atoms with E-state index in [0.29, 0.717) is 22.9 Å². The zero-order valence-corrected chi connectivity index (χ0v) is 15.8. The van der Waals surface area contributed by atoms with Crippen LogP contribution >= 0.6 is 11.8 Å². The molecule has 2 atom stereocenters. The molecule has 1 saturated carbocycles. The van der Waals surface area contributed by atoms with Crippen LogP contribution in [0, 0.1) is 19.8 Å². The van der Waals surface area contributed by atoms with Crippen LogP contribution in [0.3, 0.4) is 0 Å². The van der Waals surface area contributed by atoms with Gasteiger partial charge in [-0.25, -0.2) is 0 Å². The molecule has 1 heterocycles. The lowest BCUT2D eigenvalue weighted by atomic mass is 9.86. The lowest BCUT2D eigenvalue weighted by Crippen LogP contribution is -2.41. The number of carbonyl (C=O) groups excluding carboxylic acids is 1. The molecular formula is C18H25N5OS. The second-order valence-electron chi connectivity index (χ2n) is 6.89. The van der Waals surface area contributed by atoms with E-state index < -0.39 is 0 Å². The molecule has 0 radical (unpaired) electrons. The van der Waals surface area contributed by atoms with Crippen molar-refractivity contribution in [2.75, 3.05) is 5.75 Å². The van der Waals surface area contributed by atoms with Crippen molar-refractivity contribution in [1.82, 2.24) is 25.5 Å². The first-order valence-electron chi connectivity index (χ1n) is 8.83. The van der Waals surface area contributed by atoms with E-state index in [1.807, 2.05) is 19.1 Å². The minimum absolute atomic E-state index is 0.0546. The molecule has 2 aromatic rings. The van der Waals surface area contributed by atoms with Crippen molar-refractivity contribution in [2.45, 2.75) is 57.7 Å². The predicted octanol–water partition coefficient (Wildman–Crippen LogP) is 3.07. The van der Waals surface area contributed by atoms with Gasteiger partial charge in [-0.3, -0.25) is 4.79 Å². The fourth-order valence-electron chi connectivity index (χ4n) is 3.37. The van der Waals surface area contributed by atoms with Gasteiger partial charge in [0.05, 0.1) is 11.4 Å². The molecule has 0 saturated heterocycles. The third-order valence-electron chi connectivity index (χ3n) is 4.81. The Hall–Kier alpha value is -1.89. The van der Waals surface area contributed by atoms with Gasteiger partial charge < -0.3 is 5.32 Å². The Kier molecular flexibility index (Phi) is 5.73. The highest BCUT2D eigenvalue weighted by Crippen LogP contribution is 2.24. The van der Waals surface area contributed by atoms with Crippen LogP contribution in [-0.2, 0) is 4.79 Å². The summed E-state index contributed by atoms with van der Waals surface area (Å²) in [6.45, 7) is 6.32. The highest BCUT2D eigenvalue weighted by atomic mass is 32.2. The standard InChI is InChI=1S/C18H25N5OS/c1-12-8-9-16(14(3)10-12)23-18(20-21-22-23)25-11-17(24)19-15-7-5-4-6-13(15)2/h8-10,13,15H,4-7,11H2,1-3H3,(H,19,24). The van der Waals surface area contributed by atoms with Gasteiger partial charge in [0, 0.05) is 6.04 Å². The molecule has 6 nitrogen and oxygen atoms in total. The fraction of sp³-hybridized carbons (Fsp3) is 0.556. The number of rotatable bonds is 5. The van der Waals surface area contributed by atoms with Crippen LogP contribution in [0.2, 0.25) is 0 Å². The Bertz CT molecular complexity index is 745. The summed E-state index contributed by atoms with van der Waals surface area (Å²) in [5, 5.41) is 15.7. The SMILES string of the molecule is Cc1ccc(-n2nnnc2SCC(=O)NC2CCCCC2C)c(C)c1. The molecule has 0 bridgehead atoms. The number of hydrogen-bond donors (Lipinski definition) is 1. The molecule has 0 spiro atoms. The van der Waals surface area contributed by atoms with Crippen molar-refractivity contribution in [2.24, 2.45) is 5.92 Å².